The lowest BCUT2D eigenvalue weighted by Gasteiger charge is -1.90. The van der Waals surface area contributed by atoms with E-state index in [-0.39, 0.29) is 0 Å². The van der Waals surface area contributed by atoms with E-state index in [2.05, 4.69) is 39.9 Å². The van der Waals surface area contributed by atoms with Gasteiger partial charge in [-0.1, -0.05) is 46.0 Å². The first-order chi connectivity index (χ1) is 6.84. The van der Waals surface area contributed by atoms with Gasteiger partial charge in [-0.2, -0.15) is 0 Å². The fraction of sp³-hybridized carbons (Fsp3) is 0.0769. The molecular weight excluding hydrogens is 236 g/mol. The summed E-state index contributed by atoms with van der Waals surface area (Å²) >= 11 is 3.39. The molecule has 1 aliphatic rings. The van der Waals surface area contributed by atoms with Crippen LogP contribution in [0.5, 0.6) is 0 Å². The summed E-state index contributed by atoms with van der Waals surface area (Å²) in [6.07, 6.45) is 7.20. The highest BCUT2D eigenvalue weighted by Gasteiger charge is 1.93. The van der Waals surface area contributed by atoms with E-state index in [1.165, 1.54) is 5.57 Å². The molecule has 0 amide bonds. The van der Waals surface area contributed by atoms with E-state index in [0.717, 1.165) is 16.5 Å². The van der Waals surface area contributed by atoms with Gasteiger partial charge < -0.3 is 0 Å². The normalized spacial score (nSPS) is 13.4. The molecule has 0 nitrogen and oxygen atoms in total. The van der Waals surface area contributed by atoms with Crippen molar-refractivity contribution in [2.24, 2.45) is 0 Å². The quantitative estimate of drug-likeness (QED) is 0.611. The second kappa shape index (κ2) is 4.30. The fourth-order valence-corrected chi connectivity index (χ4v) is 1.49. The summed E-state index contributed by atoms with van der Waals surface area (Å²) in [5, 5.41) is 0. The lowest BCUT2D eigenvalue weighted by atomic mass is 10.2. The van der Waals surface area contributed by atoms with Crippen LogP contribution in [0.25, 0.3) is 0 Å². The van der Waals surface area contributed by atoms with Crippen LogP contribution in [-0.2, 0) is 0 Å². The van der Waals surface area contributed by atoms with Crippen LogP contribution in [0.1, 0.15) is 12.0 Å². The molecule has 14 heavy (non-hydrogen) atoms. The van der Waals surface area contributed by atoms with Crippen LogP contribution in [0.2, 0.25) is 0 Å². The van der Waals surface area contributed by atoms with Gasteiger partial charge in [-0.3, -0.25) is 0 Å². The number of hydrogen-bond donors (Lipinski definition) is 0. The van der Waals surface area contributed by atoms with Crippen molar-refractivity contribution in [2.75, 3.05) is 0 Å². The molecule has 68 valence electrons. The SMILES string of the molecule is Brc1ccc(C#CC2=CC=CC2)cc1. The molecule has 0 aromatic heterocycles. The summed E-state index contributed by atoms with van der Waals surface area (Å²) < 4.78 is 1.09. The van der Waals surface area contributed by atoms with Gasteiger partial charge >= 0.3 is 0 Å². The predicted molar refractivity (Wildman–Crippen MR) is 62.9 cm³/mol. The van der Waals surface area contributed by atoms with Crippen LogP contribution in [-0.4, -0.2) is 0 Å². The van der Waals surface area contributed by atoms with E-state index in [9.17, 15) is 0 Å². The summed E-state index contributed by atoms with van der Waals surface area (Å²) in [5.74, 6) is 6.29. The number of rotatable bonds is 0. The summed E-state index contributed by atoms with van der Waals surface area (Å²) in [6.45, 7) is 0. The van der Waals surface area contributed by atoms with Crippen molar-refractivity contribution in [3.63, 3.8) is 0 Å². The van der Waals surface area contributed by atoms with Crippen LogP contribution >= 0.6 is 15.9 Å². The highest BCUT2D eigenvalue weighted by Crippen LogP contribution is 2.11. The Morgan fingerprint density at radius 1 is 1.07 bits per heavy atom. The molecule has 0 bridgehead atoms. The number of allylic oxidation sites excluding steroid dienone is 4. The molecular formula is C13H9Br. The van der Waals surface area contributed by atoms with E-state index < -0.39 is 0 Å². The van der Waals surface area contributed by atoms with Crippen molar-refractivity contribution in [1.82, 2.24) is 0 Å². The maximum Gasteiger partial charge on any atom is 0.0249 e. The molecule has 0 heterocycles. The molecule has 0 atom stereocenters. The van der Waals surface area contributed by atoms with Crippen LogP contribution in [0.4, 0.5) is 0 Å². The van der Waals surface area contributed by atoms with E-state index in [1.54, 1.807) is 0 Å². The third-order valence-corrected chi connectivity index (χ3v) is 2.51. The Hall–Kier alpha value is -1.26. The minimum absolute atomic E-state index is 0.976. The van der Waals surface area contributed by atoms with Crippen molar-refractivity contribution in [1.29, 1.82) is 0 Å². The maximum absolute atomic E-state index is 3.39. The summed E-state index contributed by atoms with van der Waals surface area (Å²) in [5.41, 5.74) is 2.24. The second-order valence-electron chi connectivity index (χ2n) is 3.08. The van der Waals surface area contributed by atoms with Gasteiger partial charge in [0.2, 0.25) is 0 Å². The molecule has 0 unspecified atom stereocenters. The highest BCUT2D eigenvalue weighted by molar-refractivity contribution is 9.10. The topological polar surface area (TPSA) is 0 Å². The first-order valence-corrected chi connectivity index (χ1v) is 5.27. The molecule has 1 aliphatic carbocycles. The van der Waals surface area contributed by atoms with Crippen molar-refractivity contribution in [3.8, 4) is 11.8 Å². The van der Waals surface area contributed by atoms with Gasteiger partial charge in [0, 0.05) is 15.6 Å². The minimum atomic E-state index is 0.976. The zero-order valence-electron chi connectivity index (χ0n) is 7.63. The van der Waals surface area contributed by atoms with E-state index >= 15 is 0 Å². The van der Waals surface area contributed by atoms with Crippen molar-refractivity contribution >= 4 is 15.9 Å². The zero-order chi connectivity index (χ0) is 9.80. The van der Waals surface area contributed by atoms with Gasteiger partial charge in [0.1, 0.15) is 0 Å². The molecule has 0 saturated heterocycles. The summed E-state index contributed by atoms with van der Waals surface area (Å²) in [7, 11) is 0. The zero-order valence-corrected chi connectivity index (χ0v) is 9.21. The summed E-state index contributed by atoms with van der Waals surface area (Å²) in [4.78, 5) is 0. The number of halogens is 1. The van der Waals surface area contributed by atoms with E-state index in [4.69, 9.17) is 0 Å². The fourth-order valence-electron chi connectivity index (χ4n) is 1.23. The van der Waals surface area contributed by atoms with Crippen molar-refractivity contribution < 1.29 is 0 Å². The smallest absolute Gasteiger partial charge is 0.0249 e. The van der Waals surface area contributed by atoms with Crippen molar-refractivity contribution in [3.05, 3.63) is 58.1 Å². The predicted octanol–water partition coefficient (Wildman–Crippen LogP) is 3.69. The van der Waals surface area contributed by atoms with Gasteiger partial charge in [-0.25, -0.2) is 0 Å². The summed E-state index contributed by atoms with van der Waals surface area (Å²) in [6, 6.07) is 8.04. The Bertz CT molecular complexity index is 438. The Kier molecular flexibility index (Phi) is 2.86. The van der Waals surface area contributed by atoms with Gasteiger partial charge in [0.05, 0.1) is 0 Å². The van der Waals surface area contributed by atoms with E-state index in [0.29, 0.717) is 0 Å². The molecule has 1 aromatic carbocycles. The molecule has 0 spiro atoms. The van der Waals surface area contributed by atoms with Crippen LogP contribution < -0.4 is 0 Å². The maximum atomic E-state index is 3.39. The first-order valence-electron chi connectivity index (χ1n) is 4.48. The standard InChI is InChI=1S/C13H9Br/c14-13-9-7-12(8-10-13)6-5-11-3-1-2-4-11/h1-3,7-10H,4H2. The molecule has 2 rings (SSSR count). The monoisotopic (exact) mass is 244 g/mol. The van der Waals surface area contributed by atoms with Gasteiger partial charge in [-0.15, -0.1) is 0 Å². The minimum Gasteiger partial charge on any atom is -0.0794 e. The average Bonchev–Trinajstić information content (AvgIpc) is 2.70. The third-order valence-electron chi connectivity index (χ3n) is 1.98. The molecule has 0 fully saturated rings. The molecule has 0 aliphatic heterocycles. The lowest BCUT2D eigenvalue weighted by molar-refractivity contribution is 1.36. The number of benzene rings is 1. The Balaban J connectivity index is 2.14. The Morgan fingerprint density at radius 2 is 1.86 bits per heavy atom. The molecule has 1 aromatic rings. The Labute approximate surface area is 92.5 Å². The molecule has 0 N–H and O–H groups in total. The lowest BCUT2D eigenvalue weighted by Crippen LogP contribution is -1.74. The van der Waals surface area contributed by atoms with Crippen molar-refractivity contribution in [2.45, 2.75) is 6.42 Å². The third kappa shape index (κ3) is 2.37. The largest absolute Gasteiger partial charge is 0.0794 e. The molecule has 1 heteroatoms. The van der Waals surface area contributed by atoms with Crippen LogP contribution in [0.15, 0.2) is 52.5 Å². The Morgan fingerprint density at radius 3 is 2.50 bits per heavy atom. The van der Waals surface area contributed by atoms with Gasteiger partial charge in [-0.05, 0) is 30.7 Å². The average molecular weight is 245 g/mol. The van der Waals surface area contributed by atoms with E-state index in [1.807, 2.05) is 30.3 Å². The van der Waals surface area contributed by atoms with Gasteiger partial charge in [0.25, 0.3) is 0 Å². The van der Waals surface area contributed by atoms with Crippen LogP contribution in [0, 0.1) is 11.8 Å². The highest BCUT2D eigenvalue weighted by atomic mass is 79.9. The second-order valence-corrected chi connectivity index (χ2v) is 4.00. The first kappa shape index (κ1) is 9.30. The molecule has 0 radical (unpaired) electrons. The van der Waals surface area contributed by atoms with Gasteiger partial charge in [0.15, 0.2) is 0 Å². The molecule has 0 saturated carbocycles. The number of hydrogen-bond acceptors (Lipinski definition) is 0. The van der Waals surface area contributed by atoms with Crippen LogP contribution in [0.3, 0.4) is 0 Å².